The van der Waals surface area contributed by atoms with Crippen LogP contribution in [0.4, 0.5) is 0 Å². The van der Waals surface area contributed by atoms with Gasteiger partial charge in [0, 0.05) is 37.8 Å². The minimum Gasteiger partial charge on any atom is -0.494 e. The molecule has 2 aliphatic rings. The van der Waals surface area contributed by atoms with Gasteiger partial charge < -0.3 is 14.4 Å². The fraction of sp³-hybridized carbons (Fsp3) is 0.500. The van der Waals surface area contributed by atoms with Crippen LogP contribution in [-0.2, 0) is 6.42 Å². The number of rotatable bonds is 10. The summed E-state index contributed by atoms with van der Waals surface area (Å²) in [5.74, 6) is 1.89. The second-order valence-electron chi connectivity index (χ2n) is 10.0. The van der Waals surface area contributed by atoms with Crippen LogP contribution in [0.15, 0.2) is 60.8 Å². The van der Waals surface area contributed by atoms with E-state index in [0.717, 1.165) is 74.5 Å². The van der Waals surface area contributed by atoms with Crippen molar-refractivity contribution in [3.63, 3.8) is 0 Å². The van der Waals surface area contributed by atoms with Gasteiger partial charge in [-0.1, -0.05) is 43.2 Å². The van der Waals surface area contributed by atoms with Crippen LogP contribution in [0.2, 0.25) is 0 Å². The molecular formula is C30H39N3O2. The fourth-order valence-corrected chi connectivity index (χ4v) is 5.32. The Morgan fingerprint density at radius 1 is 0.829 bits per heavy atom. The Morgan fingerprint density at radius 3 is 2.51 bits per heavy atom. The standard InChI is InChI=1S/C30H39N3O2/c1-2-4-19-32(18-3-1)20-7-23-34-27-13-11-25(12-14-27)15-21-33-22-16-28(24-33)35-29-10-5-8-26-9-6-17-31-30(26)29/h5-6,8-14,17,28H,1-4,7,15-16,18-24H2. The molecule has 5 rings (SSSR count). The molecule has 3 heterocycles. The minimum absolute atomic E-state index is 0.229. The maximum Gasteiger partial charge on any atom is 0.146 e. The molecule has 1 aromatic heterocycles. The number of aromatic nitrogens is 1. The van der Waals surface area contributed by atoms with Crippen molar-refractivity contribution in [2.24, 2.45) is 0 Å². The number of nitrogens with zero attached hydrogens (tertiary/aromatic N) is 3. The first-order valence-electron chi connectivity index (χ1n) is 13.5. The van der Waals surface area contributed by atoms with Crippen LogP contribution >= 0.6 is 0 Å². The van der Waals surface area contributed by atoms with Crippen LogP contribution in [-0.4, -0.2) is 66.8 Å². The average molecular weight is 474 g/mol. The molecule has 1 atom stereocenters. The molecule has 5 nitrogen and oxygen atoms in total. The molecule has 35 heavy (non-hydrogen) atoms. The number of para-hydroxylation sites is 1. The highest BCUT2D eigenvalue weighted by molar-refractivity contribution is 5.84. The molecule has 0 saturated carbocycles. The summed E-state index contributed by atoms with van der Waals surface area (Å²) in [6.45, 7) is 7.61. The molecule has 2 aromatic carbocycles. The summed E-state index contributed by atoms with van der Waals surface area (Å²) in [7, 11) is 0. The van der Waals surface area contributed by atoms with E-state index >= 15 is 0 Å². The third-order valence-electron chi connectivity index (χ3n) is 7.34. The van der Waals surface area contributed by atoms with Crippen LogP contribution in [0.25, 0.3) is 10.9 Å². The van der Waals surface area contributed by atoms with Crippen LogP contribution in [0.3, 0.4) is 0 Å². The number of hydrogen-bond donors (Lipinski definition) is 0. The summed E-state index contributed by atoms with van der Waals surface area (Å²) < 4.78 is 12.4. The zero-order valence-corrected chi connectivity index (χ0v) is 20.9. The zero-order chi connectivity index (χ0) is 23.7. The summed E-state index contributed by atoms with van der Waals surface area (Å²) in [5.41, 5.74) is 2.32. The van der Waals surface area contributed by atoms with Gasteiger partial charge in [-0.2, -0.15) is 0 Å². The lowest BCUT2D eigenvalue weighted by Crippen LogP contribution is -2.27. The molecule has 0 radical (unpaired) electrons. The van der Waals surface area contributed by atoms with Gasteiger partial charge in [0.2, 0.25) is 0 Å². The first kappa shape index (κ1) is 24.1. The van der Waals surface area contributed by atoms with E-state index in [2.05, 4.69) is 57.2 Å². The summed E-state index contributed by atoms with van der Waals surface area (Å²) in [5, 5.41) is 1.13. The van der Waals surface area contributed by atoms with E-state index in [1.165, 1.54) is 44.3 Å². The van der Waals surface area contributed by atoms with Crippen molar-refractivity contribution >= 4 is 10.9 Å². The third-order valence-corrected chi connectivity index (χ3v) is 7.34. The topological polar surface area (TPSA) is 37.8 Å². The number of likely N-dealkylation sites (tertiary alicyclic amines) is 2. The van der Waals surface area contributed by atoms with E-state index in [9.17, 15) is 0 Å². The molecule has 0 spiro atoms. The number of pyridine rings is 1. The summed E-state index contributed by atoms with van der Waals surface area (Å²) in [6.07, 6.45) is 10.8. The molecule has 0 bridgehead atoms. The Bertz CT molecular complexity index is 1040. The maximum absolute atomic E-state index is 6.35. The zero-order valence-electron chi connectivity index (χ0n) is 20.9. The molecule has 1 unspecified atom stereocenters. The summed E-state index contributed by atoms with van der Waals surface area (Å²) in [4.78, 5) is 9.64. The number of benzene rings is 2. The van der Waals surface area contributed by atoms with Gasteiger partial charge >= 0.3 is 0 Å². The Labute approximate surface area is 210 Å². The van der Waals surface area contributed by atoms with Crippen LogP contribution in [0.5, 0.6) is 11.5 Å². The molecule has 0 amide bonds. The van der Waals surface area contributed by atoms with Crippen molar-refractivity contribution in [3.8, 4) is 11.5 Å². The van der Waals surface area contributed by atoms with Crippen molar-refractivity contribution in [1.82, 2.24) is 14.8 Å². The highest BCUT2D eigenvalue weighted by Gasteiger charge is 2.24. The van der Waals surface area contributed by atoms with Gasteiger partial charge in [0.05, 0.1) is 6.61 Å². The van der Waals surface area contributed by atoms with E-state index in [1.807, 2.05) is 18.3 Å². The van der Waals surface area contributed by atoms with Crippen molar-refractivity contribution in [2.75, 3.05) is 45.9 Å². The second kappa shape index (κ2) is 12.4. The smallest absolute Gasteiger partial charge is 0.146 e. The van der Waals surface area contributed by atoms with Gasteiger partial charge in [-0.3, -0.25) is 9.88 Å². The predicted molar refractivity (Wildman–Crippen MR) is 142 cm³/mol. The molecule has 0 aliphatic carbocycles. The largest absolute Gasteiger partial charge is 0.494 e. The van der Waals surface area contributed by atoms with Gasteiger partial charge in [0.25, 0.3) is 0 Å². The summed E-state index contributed by atoms with van der Waals surface area (Å²) >= 11 is 0. The van der Waals surface area contributed by atoms with Crippen molar-refractivity contribution in [3.05, 3.63) is 66.4 Å². The predicted octanol–water partition coefficient (Wildman–Crippen LogP) is 5.58. The van der Waals surface area contributed by atoms with Gasteiger partial charge in [-0.15, -0.1) is 0 Å². The lowest BCUT2D eigenvalue weighted by molar-refractivity contribution is 0.203. The molecule has 0 N–H and O–H groups in total. The Hall–Kier alpha value is -2.63. The van der Waals surface area contributed by atoms with Crippen molar-refractivity contribution < 1.29 is 9.47 Å². The van der Waals surface area contributed by atoms with Gasteiger partial charge in [-0.25, -0.2) is 0 Å². The lowest BCUT2D eigenvalue weighted by atomic mass is 10.1. The highest BCUT2D eigenvalue weighted by Crippen LogP contribution is 2.26. The maximum atomic E-state index is 6.35. The monoisotopic (exact) mass is 473 g/mol. The Balaban J connectivity index is 1.01. The lowest BCUT2D eigenvalue weighted by Gasteiger charge is -2.19. The minimum atomic E-state index is 0.229. The van der Waals surface area contributed by atoms with Crippen LogP contribution in [0, 0.1) is 0 Å². The first-order valence-corrected chi connectivity index (χ1v) is 13.5. The quantitative estimate of drug-likeness (QED) is 0.360. The van der Waals surface area contributed by atoms with Crippen LogP contribution < -0.4 is 9.47 Å². The molecule has 2 fully saturated rings. The molecular weight excluding hydrogens is 434 g/mol. The molecule has 2 aliphatic heterocycles. The van der Waals surface area contributed by atoms with Crippen molar-refractivity contribution in [1.29, 1.82) is 0 Å². The number of fused-ring (bicyclic) bond motifs is 1. The molecule has 5 heteroatoms. The van der Waals surface area contributed by atoms with E-state index in [1.54, 1.807) is 0 Å². The van der Waals surface area contributed by atoms with Gasteiger partial charge in [0.1, 0.15) is 23.1 Å². The SMILES string of the molecule is c1cnc2c(OC3CCN(CCc4ccc(OCCCN5CCCCCC5)cc4)C3)cccc2c1. The highest BCUT2D eigenvalue weighted by atomic mass is 16.5. The van der Waals surface area contributed by atoms with Gasteiger partial charge in [0.15, 0.2) is 0 Å². The van der Waals surface area contributed by atoms with E-state index in [4.69, 9.17) is 9.47 Å². The van der Waals surface area contributed by atoms with E-state index in [-0.39, 0.29) is 6.10 Å². The second-order valence-corrected chi connectivity index (χ2v) is 10.0. The molecule has 2 saturated heterocycles. The fourth-order valence-electron chi connectivity index (χ4n) is 5.32. The van der Waals surface area contributed by atoms with E-state index in [0.29, 0.717) is 0 Å². The van der Waals surface area contributed by atoms with E-state index < -0.39 is 0 Å². The van der Waals surface area contributed by atoms with Crippen molar-refractivity contribution in [2.45, 2.75) is 51.0 Å². The summed E-state index contributed by atoms with van der Waals surface area (Å²) in [6, 6.07) is 18.9. The Morgan fingerprint density at radius 2 is 1.66 bits per heavy atom. The Kier molecular flexibility index (Phi) is 8.51. The number of ether oxygens (including phenoxy) is 2. The molecule has 3 aromatic rings. The number of hydrogen-bond acceptors (Lipinski definition) is 5. The molecule has 186 valence electrons. The first-order chi connectivity index (χ1) is 17.3. The van der Waals surface area contributed by atoms with Gasteiger partial charge in [-0.05, 0) is 75.0 Å². The van der Waals surface area contributed by atoms with Crippen LogP contribution in [0.1, 0.15) is 44.1 Å². The average Bonchev–Trinajstić information content (AvgIpc) is 3.18. The normalized spacial score (nSPS) is 19.6. The third kappa shape index (κ3) is 6.96.